The Hall–Kier alpha value is -0.770. The molecule has 1 amide bonds. The Kier molecular flexibility index (Phi) is 7.39. The molecule has 0 rings (SSSR count). The zero-order valence-corrected chi connectivity index (χ0v) is 8.80. The minimum absolute atomic E-state index is 0.348. The molecule has 0 aromatic rings. The number of hydrogen-bond donors (Lipinski definition) is 1. The van der Waals surface area contributed by atoms with Crippen molar-refractivity contribution < 1.29 is 9.53 Å². The zero-order valence-electron chi connectivity index (χ0n) is 8.80. The van der Waals surface area contributed by atoms with Gasteiger partial charge in [0.25, 0.3) is 0 Å². The molecule has 0 unspecified atom stereocenters. The maximum absolute atomic E-state index is 10.6. The maximum Gasteiger partial charge on any atom is 0.406 e. The number of hydrogen-bond acceptors (Lipinski definition) is 3. The summed E-state index contributed by atoms with van der Waals surface area (Å²) < 4.78 is 4.45. The minimum atomic E-state index is -0.348. The molecule has 0 aliphatic carbocycles. The van der Waals surface area contributed by atoms with Gasteiger partial charge in [0, 0.05) is 6.54 Å². The van der Waals surface area contributed by atoms with Gasteiger partial charge < -0.3 is 15.0 Å². The lowest BCUT2D eigenvalue weighted by molar-refractivity contribution is 0.170. The van der Waals surface area contributed by atoms with Crippen LogP contribution >= 0.6 is 0 Å². The Bertz CT molecular complexity index is 136. The lowest BCUT2D eigenvalue weighted by Crippen LogP contribution is -2.29. The van der Waals surface area contributed by atoms with Crippen LogP contribution in [0.5, 0.6) is 0 Å². The summed E-state index contributed by atoms with van der Waals surface area (Å²) in [5.74, 6) is 0. The fourth-order valence-electron chi connectivity index (χ4n) is 1.11. The van der Waals surface area contributed by atoms with Crippen LogP contribution in [0.2, 0.25) is 0 Å². The van der Waals surface area contributed by atoms with Crippen LogP contribution in [0.15, 0.2) is 0 Å². The molecule has 0 spiro atoms. The molecule has 0 saturated carbocycles. The van der Waals surface area contributed by atoms with Crippen LogP contribution in [0.4, 0.5) is 4.79 Å². The monoisotopic (exact) mass is 188 g/mol. The number of nitrogens with zero attached hydrogens (tertiary/aromatic N) is 1. The third-order valence-corrected chi connectivity index (χ3v) is 2.00. The summed E-state index contributed by atoms with van der Waals surface area (Å²) >= 11 is 0. The number of carbonyl (C=O) groups is 1. The first-order chi connectivity index (χ1) is 6.24. The van der Waals surface area contributed by atoms with Gasteiger partial charge in [0.2, 0.25) is 0 Å². The van der Waals surface area contributed by atoms with Gasteiger partial charge in [-0.15, -0.1) is 0 Å². The average Bonchev–Trinajstić information content (AvgIpc) is 2.18. The molecule has 0 heterocycles. The van der Waals surface area contributed by atoms with Gasteiger partial charge in [0.05, 0.1) is 7.11 Å². The quantitative estimate of drug-likeness (QED) is 0.634. The van der Waals surface area contributed by atoms with Gasteiger partial charge in [-0.25, -0.2) is 4.79 Å². The number of alkyl carbamates (subject to hydrolysis) is 1. The van der Waals surface area contributed by atoms with E-state index in [0.29, 0.717) is 6.54 Å². The molecule has 0 aliphatic rings. The van der Waals surface area contributed by atoms with E-state index in [-0.39, 0.29) is 6.09 Å². The predicted octanol–water partition coefficient (Wildman–Crippen LogP) is 1.07. The summed E-state index contributed by atoms with van der Waals surface area (Å²) in [7, 11) is 1.37. The van der Waals surface area contributed by atoms with Crippen molar-refractivity contribution in [3.05, 3.63) is 0 Å². The molecule has 4 nitrogen and oxygen atoms in total. The highest BCUT2D eigenvalue weighted by atomic mass is 16.5. The lowest BCUT2D eigenvalue weighted by atomic mass is 10.3. The smallest absolute Gasteiger partial charge is 0.406 e. The third kappa shape index (κ3) is 6.40. The lowest BCUT2D eigenvalue weighted by Gasteiger charge is -2.17. The standard InChI is InChI=1S/C9H20N2O2/c1-4-11(5-2)8-6-7-10-9(12)13-3/h4-8H2,1-3H3,(H,10,12). The molecule has 0 radical (unpaired) electrons. The van der Waals surface area contributed by atoms with Crippen molar-refractivity contribution in [3.8, 4) is 0 Å². The molecule has 13 heavy (non-hydrogen) atoms. The molecule has 0 saturated heterocycles. The molecule has 0 aromatic heterocycles. The fraction of sp³-hybridized carbons (Fsp3) is 0.889. The Morgan fingerprint density at radius 2 is 2.00 bits per heavy atom. The summed E-state index contributed by atoms with van der Waals surface area (Å²) in [5, 5.41) is 2.65. The summed E-state index contributed by atoms with van der Waals surface area (Å²) in [6.45, 7) is 8.11. The van der Waals surface area contributed by atoms with Crippen LogP contribution < -0.4 is 5.32 Å². The van der Waals surface area contributed by atoms with E-state index in [9.17, 15) is 4.79 Å². The van der Waals surface area contributed by atoms with E-state index >= 15 is 0 Å². The number of methoxy groups -OCH3 is 1. The first-order valence-corrected chi connectivity index (χ1v) is 4.78. The number of ether oxygens (including phenoxy) is 1. The van der Waals surface area contributed by atoms with Crippen molar-refractivity contribution in [2.24, 2.45) is 0 Å². The molecule has 0 aliphatic heterocycles. The van der Waals surface area contributed by atoms with E-state index in [0.717, 1.165) is 26.1 Å². The molecular formula is C9H20N2O2. The van der Waals surface area contributed by atoms with Crippen LogP contribution in [0.1, 0.15) is 20.3 Å². The van der Waals surface area contributed by atoms with Gasteiger partial charge in [-0.2, -0.15) is 0 Å². The average molecular weight is 188 g/mol. The van der Waals surface area contributed by atoms with Crippen molar-refractivity contribution in [1.82, 2.24) is 10.2 Å². The van der Waals surface area contributed by atoms with E-state index in [1.165, 1.54) is 7.11 Å². The van der Waals surface area contributed by atoms with E-state index < -0.39 is 0 Å². The topological polar surface area (TPSA) is 41.6 Å². The second-order valence-corrected chi connectivity index (χ2v) is 2.80. The fourth-order valence-corrected chi connectivity index (χ4v) is 1.11. The SMILES string of the molecule is CCN(CC)CCCNC(=O)OC. The van der Waals surface area contributed by atoms with Crippen LogP contribution in [0, 0.1) is 0 Å². The van der Waals surface area contributed by atoms with Crippen LogP contribution in [-0.4, -0.2) is 44.3 Å². The van der Waals surface area contributed by atoms with Crippen molar-refractivity contribution in [1.29, 1.82) is 0 Å². The van der Waals surface area contributed by atoms with Gasteiger partial charge in [-0.1, -0.05) is 13.8 Å². The van der Waals surface area contributed by atoms with Crippen molar-refractivity contribution >= 4 is 6.09 Å². The summed E-state index contributed by atoms with van der Waals surface area (Å²) in [6.07, 6.45) is 0.621. The molecule has 0 fully saturated rings. The summed E-state index contributed by atoms with van der Waals surface area (Å²) in [5.41, 5.74) is 0. The molecule has 0 aromatic carbocycles. The van der Waals surface area contributed by atoms with Gasteiger partial charge in [0.15, 0.2) is 0 Å². The van der Waals surface area contributed by atoms with Gasteiger partial charge in [0.1, 0.15) is 0 Å². The summed E-state index contributed by atoms with van der Waals surface area (Å²) in [6, 6.07) is 0. The first-order valence-electron chi connectivity index (χ1n) is 4.78. The van der Waals surface area contributed by atoms with Crippen molar-refractivity contribution in [2.75, 3.05) is 33.3 Å². The van der Waals surface area contributed by atoms with Crippen LogP contribution in [0.3, 0.4) is 0 Å². The van der Waals surface area contributed by atoms with Gasteiger partial charge >= 0.3 is 6.09 Å². The Balaban J connectivity index is 3.28. The highest BCUT2D eigenvalue weighted by Crippen LogP contribution is 1.89. The minimum Gasteiger partial charge on any atom is -0.453 e. The first kappa shape index (κ1) is 12.2. The zero-order chi connectivity index (χ0) is 10.1. The highest BCUT2D eigenvalue weighted by molar-refractivity contribution is 5.66. The number of nitrogens with one attached hydrogen (secondary N) is 1. The Morgan fingerprint density at radius 1 is 1.38 bits per heavy atom. The Labute approximate surface area is 80.2 Å². The molecule has 0 bridgehead atoms. The number of amides is 1. The summed E-state index contributed by atoms with van der Waals surface area (Å²) in [4.78, 5) is 13.0. The van der Waals surface area contributed by atoms with Crippen LogP contribution in [-0.2, 0) is 4.74 Å². The predicted molar refractivity (Wildman–Crippen MR) is 52.8 cm³/mol. The molecule has 4 heteroatoms. The Morgan fingerprint density at radius 3 is 2.46 bits per heavy atom. The number of rotatable bonds is 6. The van der Waals surface area contributed by atoms with E-state index in [2.05, 4.69) is 28.8 Å². The van der Waals surface area contributed by atoms with Crippen molar-refractivity contribution in [3.63, 3.8) is 0 Å². The normalized spacial score (nSPS) is 10.2. The third-order valence-electron chi connectivity index (χ3n) is 2.00. The molecule has 0 atom stereocenters. The maximum atomic E-state index is 10.6. The van der Waals surface area contributed by atoms with Crippen molar-refractivity contribution in [2.45, 2.75) is 20.3 Å². The second-order valence-electron chi connectivity index (χ2n) is 2.80. The van der Waals surface area contributed by atoms with Crippen LogP contribution in [0.25, 0.3) is 0 Å². The highest BCUT2D eigenvalue weighted by Gasteiger charge is 1.99. The largest absolute Gasteiger partial charge is 0.453 e. The van der Waals surface area contributed by atoms with E-state index in [1.54, 1.807) is 0 Å². The van der Waals surface area contributed by atoms with Gasteiger partial charge in [-0.05, 0) is 26.1 Å². The van der Waals surface area contributed by atoms with E-state index in [4.69, 9.17) is 0 Å². The number of carbonyl (C=O) groups excluding carboxylic acids is 1. The second kappa shape index (κ2) is 7.86. The molecular weight excluding hydrogens is 168 g/mol. The molecule has 78 valence electrons. The van der Waals surface area contributed by atoms with E-state index in [1.807, 2.05) is 0 Å². The van der Waals surface area contributed by atoms with Gasteiger partial charge in [-0.3, -0.25) is 0 Å². The molecule has 1 N–H and O–H groups in total.